The summed E-state index contributed by atoms with van der Waals surface area (Å²) in [5.74, 6) is -1.17. The van der Waals surface area contributed by atoms with E-state index < -0.39 is 55.8 Å². The molecule has 0 aromatic heterocycles. The molecule has 0 aliphatic carbocycles. The van der Waals surface area contributed by atoms with Crippen molar-refractivity contribution in [2.75, 3.05) is 13.2 Å². The fraction of sp³-hybridized carbons (Fsp3) is 0.438. The van der Waals surface area contributed by atoms with Gasteiger partial charge in [-0.3, -0.25) is 24.0 Å². The van der Waals surface area contributed by atoms with E-state index >= 15 is 0 Å². The van der Waals surface area contributed by atoms with Crippen LogP contribution in [-0.4, -0.2) is 85.5 Å². The number of ether oxygens (including phenoxy) is 1. The molecule has 11 nitrogen and oxygen atoms in total. The van der Waals surface area contributed by atoms with Gasteiger partial charge in [0.25, 0.3) is 8.32 Å². The lowest BCUT2D eigenvalue weighted by atomic mass is 9.94. The van der Waals surface area contributed by atoms with E-state index in [9.17, 15) is 24.0 Å². The number of ketones is 1. The van der Waals surface area contributed by atoms with Gasteiger partial charge in [-0.1, -0.05) is 125 Å². The third-order valence-corrected chi connectivity index (χ3v) is 16.9. The number of Topliss-reactive ketones (excluding diaryl/α,β-unsaturated/α-hetero) is 1. The summed E-state index contributed by atoms with van der Waals surface area (Å²) < 4.78 is 12.6. The number of amides is 4. The average molecular weight is 835 g/mol. The van der Waals surface area contributed by atoms with Gasteiger partial charge in [0.2, 0.25) is 23.6 Å². The van der Waals surface area contributed by atoms with Crippen LogP contribution < -0.4 is 31.1 Å². The summed E-state index contributed by atoms with van der Waals surface area (Å²) in [6.07, 6.45) is 6.77. The lowest BCUT2D eigenvalue weighted by Gasteiger charge is -2.44. The number of allylic oxidation sites excluding steroid dienone is 2. The van der Waals surface area contributed by atoms with Gasteiger partial charge in [0.1, 0.15) is 42.1 Å². The SMILES string of the molecule is C=CCOc1ccc(C[C@@H]2NC(=O)[C@](C)(CC)NC(=O)[C@H](CCC=CCC(=O)[C@@H](C)O[Si](c3ccccc3)(c3ccccc3)C(C)(C)C)NC(=O)[C@H]3CCCN3C2=O)cc1. The topological polar surface area (TPSA) is 143 Å². The zero-order valence-electron chi connectivity index (χ0n) is 36.0. The highest BCUT2D eigenvalue weighted by Crippen LogP contribution is 2.37. The molecule has 0 spiro atoms. The molecule has 3 aromatic rings. The molecule has 0 unspecified atom stereocenters. The van der Waals surface area contributed by atoms with Crippen LogP contribution in [0.15, 0.2) is 110 Å². The monoisotopic (exact) mass is 834 g/mol. The molecular weight excluding hydrogens is 773 g/mol. The van der Waals surface area contributed by atoms with Crippen molar-refractivity contribution in [1.29, 1.82) is 0 Å². The zero-order chi connectivity index (χ0) is 43.5. The van der Waals surface area contributed by atoms with Crippen molar-refractivity contribution >= 4 is 48.1 Å². The van der Waals surface area contributed by atoms with Crippen LogP contribution in [0.5, 0.6) is 5.75 Å². The molecule has 5 atom stereocenters. The third kappa shape index (κ3) is 10.7. The van der Waals surface area contributed by atoms with Gasteiger partial charge in [-0.15, -0.1) is 0 Å². The smallest absolute Gasteiger partial charge is 0.262 e. The Labute approximate surface area is 356 Å². The van der Waals surface area contributed by atoms with Crippen molar-refractivity contribution < 1.29 is 33.1 Å². The second-order valence-electron chi connectivity index (χ2n) is 17.0. The van der Waals surface area contributed by atoms with E-state index in [4.69, 9.17) is 9.16 Å². The van der Waals surface area contributed by atoms with Gasteiger partial charge in [0, 0.05) is 19.4 Å². The van der Waals surface area contributed by atoms with E-state index in [1.165, 1.54) is 4.90 Å². The van der Waals surface area contributed by atoms with E-state index in [1.807, 2.05) is 61.5 Å². The number of nitrogens with one attached hydrogen (secondary N) is 3. The fourth-order valence-electron chi connectivity index (χ4n) is 8.10. The van der Waals surface area contributed by atoms with Gasteiger partial charge in [0.05, 0.1) is 0 Å². The maximum atomic E-state index is 14.2. The average Bonchev–Trinajstić information content (AvgIpc) is 3.74. The summed E-state index contributed by atoms with van der Waals surface area (Å²) in [4.78, 5) is 71.2. The van der Waals surface area contributed by atoms with E-state index in [-0.39, 0.29) is 42.4 Å². The van der Waals surface area contributed by atoms with Gasteiger partial charge >= 0.3 is 0 Å². The van der Waals surface area contributed by atoms with Crippen LogP contribution in [0.1, 0.15) is 85.6 Å². The maximum Gasteiger partial charge on any atom is 0.262 e. The predicted octanol–water partition coefficient (Wildman–Crippen LogP) is 5.31. The van der Waals surface area contributed by atoms with Crippen LogP contribution in [0.4, 0.5) is 0 Å². The van der Waals surface area contributed by atoms with Gasteiger partial charge in [-0.05, 0) is 79.1 Å². The van der Waals surface area contributed by atoms with Crippen LogP contribution in [0.3, 0.4) is 0 Å². The molecule has 2 aliphatic rings. The van der Waals surface area contributed by atoms with E-state index in [1.54, 1.807) is 38.1 Å². The van der Waals surface area contributed by atoms with Gasteiger partial charge in [0.15, 0.2) is 5.78 Å². The van der Waals surface area contributed by atoms with Crippen LogP contribution >= 0.6 is 0 Å². The molecule has 2 fully saturated rings. The first-order valence-electron chi connectivity index (χ1n) is 21.2. The summed E-state index contributed by atoms with van der Waals surface area (Å²) >= 11 is 0. The Morgan fingerprint density at radius 2 is 1.55 bits per heavy atom. The minimum Gasteiger partial charge on any atom is -0.490 e. The number of hydrogen-bond acceptors (Lipinski definition) is 7. The maximum absolute atomic E-state index is 14.2. The van der Waals surface area contributed by atoms with E-state index in [0.717, 1.165) is 15.9 Å². The Bertz CT molecular complexity index is 1960. The Morgan fingerprint density at radius 3 is 2.13 bits per heavy atom. The van der Waals surface area contributed by atoms with Gasteiger partial charge in [-0.2, -0.15) is 0 Å². The van der Waals surface area contributed by atoms with Crippen LogP contribution in [0.25, 0.3) is 0 Å². The molecule has 4 amide bonds. The normalized spacial score (nSPS) is 22.2. The molecule has 0 saturated carbocycles. The Balaban J connectivity index is 1.28. The summed E-state index contributed by atoms with van der Waals surface area (Å²) in [5.41, 5.74) is -0.571. The molecule has 2 heterocycles. The summed E-state index contributed by atoms with van der Waals surface area (Å²) in [6, 6.07) is 24.9. The quantitative estimate of drug-likeness (QED) is 0.131. The van der Waals surface area contributed by atoms with E-state index in [2.05, 4.69) is 67.6 Å². The molecule has 320 valence electrons. The second kappa shape index (κ2) is 20.3. The summed E-state index contributed by atoms with van der Waals surface area (Å²) in [6.45, 7) is 16.1. The van der Waals surface area contributed by atoms with Crippen molar-refractivity contribution in [3.8, 4) is 5.75 Å². The zero-order valence-corrected chi connectivity index (χ0v) is 37.0. The molecule has 0 bridgehead atoms. The van der Waals surface area contributed by atoms with Crippen molar-refractivity contribution in [3.05, 3.63) is 115 Å². The molecule has 3 N–H and O–H groups in total. The number of fused-ring (bicyclic) bond motifs is 1. The standard InChI is InChI=1S/C48H62N4O7Si/c1-8-32-58-36-29-27-35(28-30-36)33-40-45(56)52-31-19-25-41(52)44(55)49-39(43(54)51-48(7,9-2)46(57)50-40)24-17-12-18-26-42(53)34(3)59-60(47(4,5)6,37-20-13-10-14-21-37)38-22-15-11-16-23-38/h8,10-16,18,20-23,27-30,34,39-41H,1,9,17,19,24-26,31-33H2,2-7H3,(H,49,55)(H,50,57)(H,51,54)/t34-,39+,40+,41-,48+/m1/s1. The molecule has 0 radical (unpaired) electrons. The minimum atomic E-state index is -2.94. The highest BCUT2D eigenvalue weighted by atomic mass is 28.4. The third-order valence-electron chi connectivity index (χ3n) is 11.7. The number of carbonyl (C=O) groups excluding carboxylic acids is 5. The molecule has 5 rings (SSSR count). The van der Waals surface area contributed by atoms with Crippen molar-refractivity contribution in [1.82, 2.24) is 20.9 Å². The Morgan fingerprint density at radius 1 is 0.917 bits per heavy atom. The summed E-state index contributed by atoms with van der Waals surface area (Å²) in [7, 11) is -2.94. The van der Waals surface area contributed by atoms with Crippen LogP contribution in [0.2, 0.25) is 5.04 Å². The Kier molecular flexibility index (Phi) is 15.5. The van der Waals surface area contributed by atoms with Crippen molar-refractivity contribution in [2.24, 2.45) is 0 Å². The first kappa shape index (κ1) is 45.7. The molecule has 3 aromatic carbocycles. The van der Waals surface area contributed by atoms with E-state index in [0.29, 0.717) is 38.2 Å². The van der Waals surface area contributed by atoms with Crippen LogP contribution in [0, 0.1) is 0 Å². The first-order valence-corrected chi connectivity index (χ1v) is 23.1. The summed E-state index contributed by atoms with van der Waals surface area (Å²) in [5, 5.41) is 10.6. The molecule has 2 saturated heterocycles. The number of nitrogens with zero attached hydrogens (tertiary/aromatic N) is 1. The number of hydrogen-bond donors (Lipinski definition) is 3. The molecule has 2 aliphatic heterocycles. The minimum absolute atomic E-state index is 0.0696. The predicted molar refractivity (Wildman–Crippen MR) is 237 cm³/mol. The lowest BCUT2D eigenvalue weighted by molar-refractivity contribution is -0.144. The highest BCUT2D eigenvalue weighted by Gasteiger charge is 2.51. The second-order valence-corrected chi connectivity index (χ2v) is 21.3. The molecule has 12 heteroatoms. The number of benzene rings is 3. The lowest BCUT2D eigenvalue weighted by Crippen LogP contribution is -2.68. The van der Waals surface area contributed by atoms with Gasteiger partial charge in [-0.25, -0.2) is 0 Å². The van der Waals surface area contributed by atoms with Crippen LogP contribution in [-0.2, 0) is 34.8 Å². The van der Waals surface area contributed by atoms with Crippen molar-refractivity contribution in [2.45, 2.75) is 121 Å². The largest absolute Gasteiger partial charge is 0.490 e. The fourth-order valence-corrected chi connectivity index (χ4v) is 12.8. The first-order chi connectivity index (χ1) is 28.6. The number of rotatable bonds is 16. The highest BCUT2D eigenvalue weighted by molar-refractivity contribution is 6.99. The number of carbonyl (C=O) groups is 5. The molecule has 60 heavy (non-hydrogen) atoms. The molecular formula is C48H62N4O7Si. The van der Waals surface area contributed by atoms with Crippen molar-refractivity contribution in [3.63, 3.8) is 0 Å². The Hall–Kier alpha value is -5.33. The van der Waals surface area contributed by atoms with Gasteiger partial charge < -0.3 is 30.0 Å².